The van der Waals surface area contributed by atoms with Gasteiger partial charge in [0.2, 0.25) is 18.3 Å². The predicted molar refractivity (Wildman–Crippen MR) is 89.9 cm³/mol. The molecule has 27 heavy (non-hydrogen) atoms. The Morgan fingerprint density at radius 2 is 1.41 bits per heavy atom. The minimum Gasteiger partial charge on any atom is -0.455 e. The number of fused-ring (bicyclic) bond motifs is 2. The maximum absolute atomic E-state index is 11.6. The van der Waals surface area contributed by atoms with E-state index in [1.165, 1.54) is 20.8 Å². The smallest absolute Gasteiger partial charge is 0.303 e. The van der Waals surface area contributed by atoms with Crippen molar-refractivity contribution in [2.45, 2.75) is 51.5 Å². The molecule has 0 radical (unpaired) electrons. The van der Waals surface area contributed by atoms with Gasteiger partial charge in [-0.1, -0.05) is 18.2 Å². The molecule has 1 aromatic carbocycles. The summed E-state index contributed by atoms with van der Waals surface area (Å²) in [5.41, 5.74) is 0.596. The molecular weight excluding hydrogens is 358 g/mol. The zero-order valence-corrected chi connectivity index (χ0v) is 15.0. The highest BCUT2D eigenvalue weighted by molar-refractivity contribution is 5.86. The normalized spacial score (nSPS) is 30.3. The number of carbonyl (C=O) groups excluding carboxylic acids is 3. The second kappa shape index (κ2) is 7.75. The molecule has 2 heterocycles. The van der Waals surface area contributed by atoms with Gasteiger partial charge in [0.15, 0.2) is 18.3 Å². The first kappa shape index (κ1) is 18.8. The number of esters is 3. The fourth-order valence-corrected chi connectivity index (χ4v) is 2.97. The zero-order valence-electron chi connectivity index (χ0n) is 15.0. The molecule has 2 fully saturated rings. The number of hydrogen-bond acceptors (Lipinski definition) is 9. The number of carbonyl (C=O) groups is 3. The average molecular weight is 377 g/mol. The third-order valence-electron chi connectivity index (χ3n) is 3.88. The summed E-state index contributed by atoms with van der Waals surface area (Å²) < 4.78 is 27.3. The van der Waals surface area contributed by atoms with Gasteiger partial charge in [-0.25, -0.2) is 4.99 Å². The lowest BCUT2D eigenvalue weighted by atomic mass is 9.99. The second-order valence-corrected chi connectivity index (χ2v) is 6.05. The number of para-hydroxylation sites is 1. The number of hydrogen-bond donors (Lipinski definition) is 0. The Balaban J connectivity index is 1.98. The summed E-state index contributed by atoms with van der Waals surface area (Å²) in [4.78, 5) is 39.1. The average Bonchev–Trinajstić information content (AvgIpc) is 2.95. The number of rotatable bonds is 4. The molecular formula is C18H19NO8. The number of nitrogens with zero attached hydrogens (tertiary/aromatic N) is 1. The summed E-state index contributed by atoms with van der Waals surface area (Å²) in [5, 5.41) is 0. The highest BCUT2D eigenvalue weighted by Gasteiger charge is 2.59. The van der Waals surface area contributed by atoms with Gasteiger partial charge in [0.05, 0.1) is 5.69 Å². The molecule has 0 aliphatic carbocycles. The molecule has 144 valence electrons. The van der Waals surface area contributed by atoms with Crippen LogP contribution in [0.1, 0.15) is 20.8 Å². The minimum absolute atomic E-state index is 0.143. The van der Waals surface area contributed by atoms with Gasteiger partial charge in [0, 0.05) is 20.8 Å². The maximum atomic E-state index is 11.6. The van der Waals surface area contributed by atoms with Crippen molar-refractivity contribution >= 4 is 29.5 Å². The summed E-state index contributed by atoms with van der Waals surface area (Å²) in [5.74, 6) is -1.73. The zero-order chi connectivity index (χ0) is 19.6. The molecule has 0 amide bonds. The van der Waals surface area contributed by atoms with Crippen molar-refractivity contribution < 1.29 is 38.1 Å². The number of aliphatic imine (C=N–C) groups is 1. The molecule has 1 aromatic rings. The second-order valence-electron chi connectivity index (χ2n) is 6.05. The summed E-state index contributed by atoms with van der Waals surface area (Å²) in [6, 6.07) is 8.95. The predicted octanol–water partition coefficient (Wildman–Crippen LogP) is 1.27. The van der Waals surface area contributed by atoms with Crippen LogP contribution in [-0.2, 0) is 38.1 Å². The van der Waals surface area contributed by atoms with E-state index in [0.717, 1.165) is 0 Å². The first-order chi connectivity index (χ1) is 12.8. The Bertz CT molecular complexity index is 762. The van der Waals surface area contributed by atoms with E-state index in [1.54, 1.807) is 24.3 Å². The Morgan fingerprint density at radius 3 is 2.00 bits per heavy atom. The molecule has 2 aliphatic heterocycles. The van der Waals surface area contributed by atoms with Gasteiger partial charge in [-0.05, 0) is 12.1 Å². The van der Waals surface area contributed by atoms with Crippen LogP contribution in [0.2, 0.25) is 0 Å². The molecule has 9 heteroatoms. The van der Waals surface area contributed by atoms with E-state index in [9.17, 15) is 14.4 Å². The van der Waals surface area contributed by atoms with Crippen LogP contribution in [-0.4, -0.2) is 54.5 Å². The first-order valence-electron chi connectivity index (χ1n) is 8.32. The fourth-order valence-electron chi connectivity index (χ4n) is 2.97. The van der Waals surface area contributed by atoms with Crippen LogP contribution in [0.15, 0.2) is 35.3 Å². The van der Waals surface area contributed by atoms with Crippen LogP contribution < -0.4 is 0 Å². The number of ether oxygens (including phenoxy) is 5. The molecule has 0 aromatic heterocycles. The first-order valence-corrected chi connectivity index (χ1v) is 8.32. The van der Waals surface area contributed by atoms with Crippen LogP contribution in [0.5, 0.6) is 0 Å². The minimum atomic E-state index is -1.12. The Morgan fingerprint density at radius 1 is 0.852 bits per heavy atom. The monoisotopic (exact) mass is 377 g/mol. The Hall–Kier alpha value is -2.94. The summed E-state index contributed by atoms with van der Waals surface area (Å²) in [6.45, 7) is 3.61. The lowest BCUT2D eigenvalue weighted by Crippen LogP contribution is -2.58. The standard InChI is InChI=1S/C18H19NO8/c1-9(20)23-13-14(24-10(2)21)16(25-11(3)22)18-26-15(13)17(27-18)19-12-7-5-4-6-8-12/h4-8,13-16,18H,1-3H3/t13-,14-,15-,16+,18+/m0/s1. The van der Waals surface area contributed by atoms with Crippen molar-refractivity contribution in [1.29, 1.82) is 0 Å². The van der Waals surface area contributed by atoms with E-state index in [0.29, 0.717) is 5.69 Å². The molecule has 0 N–H and O–H groups in total. The number of benzene rings is 1. The van der Waals surface area contributed by atoms with Crippen LogP contribution >= 0.6 is 0 Å². The van der Waals surface area contributed by atoms with Crippen molar-refractivity contribution in [3.05, 3.63) is 30.3 Å². The van der Waals surface area contributed by atoms with Gasteiger partial charge >= 0.3 is 17.9 Å². The van der Waals surface area contributed by atoms with Gasteiger partial charge < -0.3 is 23.7 Å². The summed E-state index contributed by atoms with van der Waals surface area (Å²) in [7, 11) is 0. The highest BCUT2D eigenvalue weighted by atomic mass is 16.8. The van der Waals surface area contributed by atoms with Crippen molar-refractivity contribution in [2.24, 2.45) is 4.99 Å². The van der Waals surface area contributed by atoms with E-state index in [4.69, 9.17) is 23.7 Å². The molecule has 5 atom stereocenters. The van der Waals surface area contributed by atoms with Crippen LogP contribution in [0.25, 0.3) is 0 Å². The van der Waals surface area contributed by atoms with Gasteiger partial charge in [0.25, 0.3) is 0 Å². The van der Waals surface area contributed by atoms with Crippen LogP contribution in [0, 0.1) is 0 Å². The van der Waals surface area contributed by atoms with Gasteiger partial charge in [-0.3, -0.25) is 14.4 Å². The van der Waals surface area contributed by atoms with Crippen molar-refractivity contribution in [3.8, 4) is 0 Å². The molecule has 9 nitrogen and oxygen atoms in total. The lowest BCUT2D eigenvalue weighted by Gasteiger charge is -2.37. The Kier molecular flexibility index (Phi) is 5.41. The van der Waals surface area contributed by atoms with E-state index in [2.05, 4.69) is 4.99 Å². The molecule has 0 spiro atoms. The van der Waals surface area contributed by atoms with Crippen molar-refractivity contribution in [2.75, 3.05) is 0 Å². The molecule has 2 saturated heterocycles. The third-order valence-corrected chi connectivity index (χ3v) is 3.88. The third kappa shape index (κ3) is 4.25. The molecule has 2 bridgehead atoms. The highest BCUT2D eigenvalue weighted by Crippen LogP contribution is 2.36. The van der Waals surface area contributed by atoms with E-state index < -0.39 is 48.6 Å². The van der Waals surface area contributed by atoms with E-state index in [1.807, 2.05) is 6.07 Å². The van der Waals surface area contributed by atoms with Crippen molar-refractivity contribution in [1.82, 2.24) is 0 Å². The molecule has 3 rings (SSSR count). The SMILES string of the molecule is CC(=O)O[C@@H]1[C@@H](OC(C)=O)[C@H]2OC(=Nc3ccccc3)[C@@H](O2)[C@H]1OC(C)=O. The van der Waals surface area contributed by atoms with Gasteiger partial charge in [0.1, 0.15) is 0 Å². The molecule has 0 saturated carbocycles. The van der Waals surface area contributed by atoms with Gasteiger partial charge in [-0.2, -0.15) is 0 Å². The largest absolute Gasteiger partial charge is 0.455 e. The quantitative estimate of drug-likeness (QED) is 0.570. The summed E-state index contributed by atoms with van der Waals surface area (Å²) >= 11 is 0. The fraction of sp³-hybridized carbons (Fsp3) is 0.444. The van der Waals surface area contributed by atoms with Crippen LogP contribution in [0.4, 0.5) is 5.69 Å². The van der Waals surface area contributed by atoms with Crippen molar-refractivity contribution in [3.63, 3.8) is 0 Å². The lowest BCUT2D eigenvalue weighted by molar-refractivity contribution is -0.250. The van der Waals surface area contributed by atoms with Crippen LogP contribution in [0.3, 0.4) is 0 Å². The van der Waals surface area contributed by atoms with E-state index >= 15 is 0 Å². The Labute approximate surface area is 155 Å². The maximum Gasteiger partial charge on any atom is 0.303 e. The molecule has 2 aliphatic rings. The topological polar surface area (TPSA) is 110 Å². The van der Waals surface area contributed by atoms with Gasteiger partial charge in [-0.15, -0.1) is 0 Å². The summed E-state index contributed by atoms with van der Waals surface area (Å²) in [6.07, 6.45) is -5.25. The van der Waals surface area contributed by atoms with E-state index in [-0.39, 0.29) is 5.90 Å². The molecule has 0 unspecified atom stereocenters.